The second-order valence-corrected chi connectivity index (χ2v) is 5.86. The molecule has 1 aromatic rings. The Labute approximate surface area is 133 Å². The Bertz CT molecular complexity index is 609. The molecule has 0 bridgehead atoms. The van der Waals surface area contributed by atoms with Gasteiger partial charge in [-0.1, -0.05) is 0 Å². The molecule has 0 radical (unpaired) electrons. The van der Waals surface area contributed by atoms with Crippen molar-refractivity contribution in [1.82, 2.24) is 10.2 Å². The maximum absolute atomic E-state index is 13.3. The van der Waals surface area contributed by atoms with Crippen LogP contribution < -0.4 is 5.32 Å². The lowest BCUT2D eigenvalue weighted by Crippen LogP contribution is -2.50. The van der Waals surface area contributed by atoms with Gasteiger partial charge in [-0.25, -0.2) is 8.78 Å². The van der Waals surface area contributed by atoms with E-state index in [1.807, 2.05) is 0 Å². The van der Waals surface area contributed by atoms with E-state index in [2.05, 4.69) is 5.32 Å². The molecular formula is C16H20F2N2O3. The smallest absolute Gasteiger partial charge is 0.254 e. The monoisotopic (exact) mass is 326 g/mol. The van der Waals surface area contributed by atoms with Crippen molar-refractivity contribution in [2.24, 2.45) is 0 Å². The molecule has 1 heterocycles. The van der Waals surface area contributed by atoms with Crippen molar-refractivity contribution < 1.29 is 23.5 Å². The number of hydrogen-bond donors (Lipinski definition) is 2. The van der Waals surface area contributed by atoms with Gasteiger partial charge in [0.1, 0.15) is 0 Å². The van der Waals surface area contributed by atoms with Crippen LogP contribution in [0.2, 0.25) is 0 Å². The summed E-state index contributed by atoms with van der Waals surface area (Å²) in [5.41, 5.74) is -1.10. The zero-order valence-corrected chi connectivity index (χ0v) is 12.9. The first-order chi connectivity index (χ1) is 10.8. The van der Waals surface area contributed by atoms with Crippen molar-refractivity contribution in [1.29, 1.82) is 0 Å². The standard InChI is InChI=1S/C16H20F2N2O3/c1-19-14(21)5-7-16(23)6-2-8-20(10-16)15(22)11-3-4-12(17)13(18)9-11/h3-4,9,23H,2,5-8,10H2,1H3,(H,19,21)/t16-/m0/s1. The van der Waals surface area contributed by atoms with Gasteiger partial charge < -0.3 is 15.3 Å². The van der Waals surface area contributed by atoms with E-state index in [0.717, 1.165) is 12.1 Å². The molecule has 1 fully saturated rings. The van der Waals surface area contributed by atoms with Gasteiger partial charge in [-0.2, -0.15) is 0 Å². The molecule has 1 aromatic carbocycles. The van der Waals surface area contributed by atoms with Gasteiger partial charge in [0.05, 0.1) is 5.60 Å². The SMILES string of the molecule is CNC(=O)CC[C@@]1(O)CCCN(C(=O)c2ccc(F)c(F)c2)C1. The third-order valence-electron chi connectivity index (χ3n) is 4.11. The zero-order chi connectivity index (χ0) is 17.0. The van der Waals surface area contributed by atoms with Crippen LogP contribution in [0.1, 0.15) is 36.0 Å². The maximum Gasteiger partial charge on any atom is 0.254 e. The number of β-amino-alcohol motifs (C(OH)–C–C–N with tert-alkyl or cyclic N) is 1. The van der Waals surface area contributed by atoms with Gasteiger partial charge in [0.2, 0.25) is 5.91 Å². The molecule has 126 valence electrons. The molecule has 23 heavy (non-hydrogen) atoms. The van der Waals surface area contributed by atoms with Crippen LogP contribution in [-0.4, -0.2) is 47.6 Å². The molecule has 0 aliphatic carbocycles. The average molecular weight is 326 g/mol. The Kier molecular flexibility index (Phi) is 5.30. The van der Waals surface area contributed by atoms with Gasteiger partial charge in [0.25, 0.3) is 5.91 Å². The number of carbonyl (C=O) groups excluding carboxylic acids is 2. The maximum atomic E-state index is 13.3. The van der Waals surface area contributed by atoms with E-state index in [1.54, 1.807) is 0 Å². The minimum atomic E-state index is -1.14. The lowest BCUT2D eigenvalue weighted by molar-refractivity contribution is -0.122. The molecule has 1 aliphatic rings. The molecule has 0 unspecified atom stereocenters. The van der Waals surface area contributed by atoms with Gasteiger partial charge in [-0.3, -0.25) is 9.59 Å². The van der Waals surface area contributed by atoms with Gasteiger partial charge in [0.15, 0.2) is 11.6 Å². The van der Waals surface area contributed by atoms with Crippen molar-refractivity contribution in [3.05, 3.63) is 35.4 Å². The number of halogens is 2. The summed E-state index contributed by atoms with van der Waals surface area (Å²) < 4.78 is 26.2. The number of benzene rings is 1. The number of nitrogens with zero attached hydrogens (tertiary/aromatic N) is 1. The largest absolute Gasteiger partial charge is 0.388 e. The molecule has 1 atom stereocenters. The van der Waals surface area contributed by atoms with Crippen molar-refractivity contribution >= 4 is 11.8 Å². The molecule has 2 rings (SSSR count). The normalized spacial score (nSPS) is 21.1. The molecule has 0 aromatic heterocycles. The Hall–Kier alpha value is -2.02. The highest BCUT2D eigenvalue weighted by atomic mass is 19.2. The summed E-state index contributed by atoms with van der Waals surface area (Å²) in [7, 11) is 1.52. The number of amides is 2. The lowest BCUT2D eigenvalue weighted by Gasteiger charge is -2.39. The highest BCUT2D eigenvalue weighted by Crippen LogP contribution is 2.27. The number of likely N-dealkylation sites (tertiary alicyclic amines) is 1. The Balaban J connectivity index is 2.06. The predicted molar refractivity (Wildman–Crippen MR) is 79.7 cm³/mol. The van der Waals surface area contributed by atoms with Crippen LogP contribution in [0.25, 0.3) is 0 Å². The quantitative estimate of drug-likeness (QED) is 0.880. The molecule has 2 amide bonds. The summed E-state index contributed by atoms with van der Waals surface area (Å²) in [6.45, 7) is 0.502. The number of carbonyl (C=O) groups is 2. The van der Waals surface area contributed by atoms with Crippen molar-refractivity contribution in [3.63, 3.8) is 0 Å². The van der Waals surface area contributed by atoms with Gasteiger partial charge in [-0.05, 0) is 37.5 Å². The fourth-order valence-electron chi connectivity index (χ4n) is 2.77. The molecule has 7 heteroatoms. The van der Waals surface area contributed by atoms with Gasteiger partial charge in [0, 0.05) is 32.1 Å². The van der Waals surface area contributed by atoms with E-state index in [-0.39, 0.29) is 30.9 Å². The highest BCUT2D eigenvalue weighted by molar-refractivity contribution is 5.94. The van der Waals surface area contributed by atoms with Gasteiger partial charge >= 0.3 is 0 Å². The molecule has 5 nitrogen and oxygen atoms in total. The van der Waals surface area contributed by atoms with Crippen LogP contribution >= 0.6 is 0 Å². The van der Waals surface area contributed by atoms with E-state index in [4.69, 9.17) is 0 Å². The number of piperidine rings is 1. The Morgan fingerprint density at radius 1 is 1.35 bits per heavy atom. The topological polar surface area (TPSA) is 69.6 Å². The van der Waals surface area contributed by atoms with Crippen LogP contribution in [0.3, 0.4) is 0 Å². The average Bonchev–Trinajstić information content (AvgIpc) is 2.54. The minimum Gasteiger partial charge on any atom is -0.388 e. The number of nitrogens with one attached hydrogen (secondary N) is 1. The molecule has 2 N–H and O–H groups in total. The third kappa shape index (κ3) is 4.25. The minimum absolute atomic E-state index is 0.0412. The molecule has 1 aliphatic heterocycles. The highest BCUT2D eigenvalue weighted by Gasteiger charge is 2.35. The second kappa shape index (κ2) is 7.04. The summed E-state index contributed by atoms with van der Waals surface area (Å²) in [5, 5.41) is 13.1. The van der Waals surface area contributed by atoms with Gasteiger partial charge in [-0.15, -0.1) is 0 Å². The van der Waals surface area contributed by atoms with E-state index in [1.165, 1.54) is 18.0 Å². The van der Waals surface area contributed by atoms with Crippen molar-refractivity contribution in [2.45, 2.75) is 31.3 Å². The summed E-state index contributed by atoms with van der Waals surface area (Å²) in [6.07, 6.45) is 1.49. The summed E-state index contributed by atoms with van der Waals surface area (Å²) in [5.74, 6) is -2.73. The number of hydrogen-bond acceptors (Lipinski definition) is 3. The van der Waals surface area contributed by atoms with Crippen LogP contribution in [0.5, 0.6) is 0 Å². The molecule has 0 saturated carbocycles. The zero-order valence-electron chi connectivity index (χ0n) is 12.9. The molecule has 1 saturated heterocycles. The van der Waals surface area contributed by atoms with Crippen molar-refractivity contribution in [3.8, 4) is 0 Å². The Morgan fingerprint density at radius 3 is 2.74 bits per heavy atom. The van der Waals surface area contributed by atoms with E-state index in [0.29, 0.717) is 19.4 Å². The predicted octanol–water partition coefficient (Wildman–Crippen LogP) is 1.46. The van der Waals surface area contributed by atoms with Crippen LogP contribution in [-0.2, 0) is 4.79 Å². The van der Waals surface area contributed by atoms with Crippen LogP contribution in [0.4, 0.5) is 8.78 Å². The van der Waals surface area contributed by atoms with Crippen molar-refractivity contribution in [2.75, 3.05) is 20.1 Å². The summed E-state index contributed by atoms with van der Waals surface area (Å²) >= 11 is 0. The molecule has 0 spiro atoms. The first-order valence-corrected chi connectivity index (χ1v) is 7.52. The summed E-state index contributed by atoms with van der Waals surface area (Å²) in [4.78, 5) is 25.1. The Morgan fingerprint density at radius 2 is 2.09 bits per heavy atom. The molecular weight excluding hydrogens is 306 g/mol. The second-order valence-electron chi connectivity index (χ2n) is 5.86. The van der Waals surface area contributed by atoms with E-state index >= 15 is 0 Å². The van der Waals surface area contributed by atoms with E-state index in [9.17, 15) is 23.5 Å². The first-order valence-electron chi connectivity index (χ1n) is 7.52. The fourth-order valence-corrected chi connectivity index (χ4v) is 2.77. The first kappa shape index (κ1) is 17.3. The lowest BCUT2D eigenvalue weighted by atomic mass is 9.88. The fraction of sp³-hybridized carbons (Fsp3) is 0.500. The van der Waals surface area contributed by atoms with Crippen LogP contribution in [0.15, 0.2) is 18.2 Å². The number of rotatable bonds is 4. The third-order valence-corrected chi connectivity index (χ3v) is 4.11. The number of aliphatic hydroxyl groups is 1. The van der Waals surface area contributed by atoms with Crippen LogP contribution in [0, 0.1) is 11.6 Å². The summed E-state index contributed by atoms with van der Waals surface area (Å²) in [6, 6.07) is 2.99. The van der Waals surface area contributed by atoms with E-state index < -0.39 is 23.1 Å².